The highest BCUT2D eigenvalue weighted by atomic mass is 35.5. The quantitative estimate of drug-likeness (QED) is 0.658. The van der Waals surface area contributed by atoms with Crippen LogP contribution in [-0.2, 0) is 4.79 Å². The van der Waals surface area contributed by atoms with E-state index in [0.29, 0.717) is 10.6 Å². The highest BCUT2D eigenvalue weighted by Crippen LogP contribution is 2.23. The third kappa shape index (κ3) is 4.20. The second-order valence-electron chi connectivity index (χ2n) is 5.07. The lowest BCUT2D eigenvalue weighted by molar-refractivity contribution is -0.116. The van der Waals surface area contributed by atoms with E-state index < -0.39 is 0 Å². The Morgan fingerprint density at radius 1 is 1.05 bits per heavy atom. The van der Waals surface area contributed by atoms with Gasteiger partial charge in [0.15, 0.2) is 0 Å². The molecule has 3 heteroatoms. The van der Waals surface area contributed by atoms with E-state index in [9.17, 15) is 4.79 Å². The molecule has 0 saturated heterocycles. The fourth-order valence-electron chi connectivity index (χ4n) is 1.99. The van der Waals surface area contributed by atoms with Crippen LogP contribution in [0.4, 0.5) is 0 Å². The van der Waals surface area contributed by atoms with Crippen LogP contribution in [0.15, 0.2) is 54.6 Å². The lowest BCUT2D eigenvalue weighted by Gasteiger charge is -2.12. The third-order valence-electron chi connectivity index (χ3n) is 2.95. The molecule has 0 atom stereocenters. The largest absolute Gasteiger partial charge is 0.350 e. The Hall–Kier alpha value is -2.06. The van der Waals surface area contributed by atoms with E-state index in [1.807, 2.05) is 74.5 Å². The highest BCUT2D eigenvalue weighted by molar-refractivity contribution is 6.33. The molecule has 1 amide bonds. The van der Waals surface area contributed by atoms with Crippen molar-refractivity contribution in [3.8, 4) is 0 Å². The predicted octanol–water partition coefficient (Wildman–Crippen LogP) is 4.41. The number of hydrogen-bond donors (Lipinski definition) is 1. The minimum Gasteiger partial charge on any atom is -0.350 e. The number of carbonyl (C=O) groups is 1. The van der Waals surface area contributed by atoms with Crippen LogP contribution in [0, 0.1) is 0 Å². The van der Waals surface area contributed by atoms with Crippen molar-refractivity contribution in [1.82, 2.24) is 5.32 Å². The Morgan fingerprint density at radius 3 is 2.29 bits per heavy atom. The van der Waals surface area contributed by atoms with E-state index in [0.717, 1.165) is 11.1 Å². The summed E-state index contributed by atoms with van der Waals surface area (Å²) < 4.78 is 0. The molecule has 2 nitrogen and oxygen atoms in total. The number of benzene rings is 2. The zero-order valence-electron chi connectivity index (χ0n) is 12.1. The van der Waals surface area contributed by atoms with Crippen molar-refractivity contribution < 1.29 is 4.79 Å². The lowest BCUT2D eigenvalue weighted by Crippen LogP contribution is -2.30. The summed E-state index contributed by atoms with van der Waals surface area (Å²) in [5.74, 6) is -0.101. The molecule has 0 unspecified atom stereocenters. The van der Waals surface area contributed by atoms with Gasteiger partial charge in [-0.05, 0) is 37.1 Å². The van der Waals surface area contributed by atoms with Gasteiger partial charge in [0.05, 0.1) is 0 Å². The van der Waals surface area contributed by atoms with Crippen LogP contribution in [0.25, 0.3) is 11.6 Å². The smallest absolute Gasteiger partial charge is 0.252 e. The minimum absolute atomic E-state index is 0.0795. The van der Waals surface area contributed by atoms with E-state index >= 15 is 0 Å². The van der Waals surface area contributed by atoms with Gasteiger partial charge in [0.1, 0.15) is 0 Å². The fourth-order valence-corrected chi connectivity index (χ4v) is 2.18. The maximum atomic E-state index is 12.4. The molecular weight excluding hydrogens is 282 g/mol. The Bertz CT molecular complexity index is 647. The molecule has 0 aliphatic carbocycles. The molecule has 0 saturated carbocycles. The molecule has 0 spiro atoms. The van der Waals surface area contributed by atoms with Crippen LogP contribution >= 0.6 is 11.6 Å². The molecule has 0 aliphatic rings. The molecule has 0 bridgehead atoms. The molecule has 0 aromatic heterocycles. The molecule has 0 radical (unpaired) electrons. The minimum atomic E-state index is -0.101. The van der Waals surface area contributed by atoms with Crippen molar-refractivity contribution in [1.29, 1.82) is 0 Å². The monoisotopic (exact) mass is 299 g/mol. The number of carbonyl (C=O) groups excluding carboxylic acids is 1. The molecule has 2 aromatic rings. The fraction of sp³-hybridized carbons (Fsp3) is 0.167. The Balaban J connectivity index is 2.46. The molecule has 0 fully saturated rings. The number of nitrogens with one attached hydrogen (secondary N) is 1. The van der Waals surface area contributed by atoms with Gasteiger partial charge in [0.2, 0.25) is 0 Å². The first kappa shape index (κ1) is 15.3. The van der Waals surface area contributed by atoms with Gasteiger partial charge >= 0.3 is 0 Å². The maximum absolute atomic E-state index is 12.4. The SMILES string of the molecule is CC(C)NC(=O)/C(=C/c1ccccc1Cl)c1ccccc1. The summed E-state index contributed by atoms with van der Waals surface area (Å²) in [7, 11) is 0. The number of amides is 1. The zero-order valence-corrected chi connectivity index (χ0v) is 12.9. The summed E-state index contributed by atoms with van der Waals surface area (Å²) in [6, 6.07) is 17.2. The molecule has 0 aliphatic heterocycles. The summed E-state index contributed by atoms with van der Waals surface area (Å²) in [6.45, 7) is 3.88. The zero-order chi connectivity index (χ0) is 15.2. The van der Waals surface area contributed by atoms with Crippen molar-refractivity contribution in [2.24, 2.45) is 0 Å². The Morgan fingerprint density at radius 2 is 1.67 bits per heavy atom. The van der Waals surface area contributed by atoms with Gasteiger partial charge in [-0.2, -0.15) is 0 Å². The normalized spacial score (nSPS) is 11.5. The average Bonchev–Trinajstić information content (AvgIpc) is 2.46. The van der Waals surface area contributed by atoms with E-state index in [1.165, 1.54) is 0 Å². The Labute approximate surface area is 130 Å². The van der Waals surface area contributed by atoms with Crippen LogP contribution in [0.3, 0.4) is 0 Å². The van der Waals surface area contributed by atoms with Crippen molar-refractivity contribution in [3.63, 3.8) is 0 Å². The van der Waals surface area contributed by atoms with Crippen LogP contribution in [0.2, 0.25) is 5.02 Å². The van der Waals surface area contributed by atoms with Gasteiger partial charge in [-0.3, -0.25) is 4.79 Å². The maximum Gasteiger partial charge on any atom is 0.252 e. The molecule has 0 heterocycles. The van der Waals surface area contributed by atoms with Crippen molar-refractivity contribution in [2.45, 2.75) is 19.9 Å². The second kappa shape index (κ2) is 7.09. The second-order valence-corrected chi connectivity index (χ2v) is 5.48. The van der Waals surface area contributed by atoms with Crippen molar-refractivity contribution in [2.75, 3.05) is 0 Å². The van der Waals surface area contributed by atoms with E-state index in [-0.39, 0.29) is 11.9 Å². The number of rotatable bonds is 4. The summed E-state index contributed by atoms with van der Waals surface area (Å²) in [4.78, 5) is 12.4. The molecule has 2 aromatic carbocycles. The standard InChI is InChI=1S/C18H18ClNO/c1-13(2)20-18(21)16(14-8-4-3-5-9-14)12-15-10-6-7-11-17(15)19/h3-13H,1-2H3,(H,20,21)/b16-12+. The first-order valence-electron chi connectivity index (χ1n) is 6.90. The third-order valence-corrected chi connectivity index (χ3v) is 3.30. The molecule has 1 N–H and O–H groups in total. The highest BCUT2D eigenvalue weighted by Gasteiger charge is 2.13. The predicted molar refractivity (Wildman–Crippen MR) is 89.0 cm³/mol. The van der Waals surface area contributed by atoms with Crippen LogP contribution in [0.5, 0.6) is 0 Å². The van der Waals surface area contributed by atoms with E-state index in [4.69, 9.17) is 11.6 Å². The van der Waals surface area contributed by atoms with Crippen LogP contribution in [0.1, 0.15) is 25.0 Å². The van der Waals surface area contributed by atoms with Gasteiger partial charge in [-0.1, -0.05) is 60.1 Å². The Kier molecular flexibility index (Phi) is 5.18. The molecule has 108 valence electrons. The van der Waals surface area contributed by atoms with Gasteiger partial charge < -0.3 is 5.32 Å². The van der Waals surface area contributed by atoms with Crippen LogP contribution in [-0.4, -0.2) is 11.9 Å². The first-order valence-corrected chi connectivity index (χ1v) is 7.28. The molecular formula is C18H18ClNO. The summed E-state index contributed by atoms with van der Waals surface area (Å²) in [5, 5.41) is 3.56. The lowest BCUT2D eigenvalue weighted by atomic mass is 10.0. The number of hydrogen-bond acceptors (Lipinski definition) is 1. The van der Waals surface area contributed by atoms with Gasteiger partial charge in [0.25, 0.3) is 5.91 Å². The summed E-state index contributed by atoms with van der Waals surface area (Å²) in [5.41, 5.74) is 2.31. The molecule has 21 heavy (non-hydrogen) atoms. The number of halogens is 1. The molecule has 2 rings (SSSR count). The van der Waals surface area contributed by atoms with Gasteiger partial charge in [-0.25, -0.2) is 0 Å². The van der Waals surface area contributed by atoms with E-state index in [2.05, 4.69) is 5.32 Å². The van der Waals surface area contributed by atoms with Crippen LogP contribution < -0.4 is 5.32 Å². The van der Waals surface area contributed by atoms with Crippen molar-refractivity contribution in [3.05, 3.63) is 70.7 Å². The van der Waals surface area contributed by atoms with Gasteiger partial charge in [-0.15, -0.1) is 0 Å². The summed E-state index contributed by atoms with van der Waals surface area (Å²) in [6.07, 6.45) is 1.83. The first-order chi connectivity index (χ1) is 10.1. The van der Waals surface area contributed by atoms with Crippen molar-refractivity contribution >= 4 is 29.2 Å². The average molecular weight is 300 g/mol. The van der Waals surface area contributed by atoms with E-state index in [1.54, 1.807) is 0 Å². The van der Waals surface area contributed by atoms with Gasteiger partial charge in [0, 0.05) is 16.6 Å². The topological polar surface area (TPSA) is 29.1 Å². The summed E-state index contributed by atoms with van der Waals surface area (Å²) >= 11 is 6.19.